The molecule has 0 heterocycles. The molecule has 0 fully saturated rings. The van der Waals surface area contributed by atoms with E-state index in [1.54, 1.807) is 0 Å². The van der Waals surface area contributed by atoms with E-state index in [9.17, 15) is 0 Å². The van der Waals surface area contributed by atoms with Gasteiger partial charge in [0.2, 0.25) is 0 Å². The Kier molecular flexibility index (Phi) is 9.95. The Morgan fingerprint density at radius 3 is 1.83 bits per heavy atom. The van der Waals surface area contributed by atoms with Crippen LogP contribution < -0.4 is 5.73 Å². The molecule has 2 unspecified atom stereocenters. The Balaban J connectivity index is 4.73. The van der Waals surface area contributed by atoms with Crippen molar-refractivity contribution in [3.05, 3.63) is 0 Å². The van der Waals surface area contributed by atoms with Crippen molar-refractivity contribution in [2.75, 3.05) is 13.2 Å². The zero-order valence-electron chi connectivity index (χ0n) is 12.7. The van der Waals surface area contributed by atoms with Crippen molar-refractivity contribution in [2.45, 2.75) is 72.1 Å². The van der Waals surface area contributed by atoms with E-state index in [1.165, 1.54) is 0 Å². The standard InChI is InChI=1S/C13H31NO3Si/c1-6-9-15-18(11-12(4)14,16-10-7-2)17-13(5)8-3/h12-13H,6-11,14H2,1-5H3. The molecule has 2 atom stereocenters. The molecule has 0 saturated heterocycles. The van der Waals surface area contributed by atoms with Gasteiger partial charge >= 0.3 is 8.80 Å². The van der Waals surface area contributed by atoms with Crippen LogP contribution in [0.5, 0.6) is 0 Å². The molecule has 0 radical (unpaired) electrons. The molecule has 0 aliphatic rings. The third-order valence-electron chi connectivity index (χ3n) is 2.58. The summed E-state index contributed by atoms with van der Waals surface area (Å²) in [7, 11) is -2.61. The van der Waals surface area contributed by atoms with Crippen LogP contribution in [0.4, 0.5) is 0 Å². The van der Waals surface area contributed by atoms with Gasteiger partial charge in [0, 0.05) is 31.4 Å². The molecule has 110 valence electrons. The molecule has 18 heavy (non-hydrogen) atoms. The highest BCUT2D eigenvalue weighted by atomic mass is 28.4. The molecular formula is C13H31NO3Si. The molecule has 0 aromatic heterocycles. The smallest absolute Gasteiger partial charge is 0.373 e. The molecule has 0 amide bonds. The zero-order valence-corrected chi connectivity index (χ0v) is 13.7. The lowest BCUT2D eigenvalue weighted by Gasteiger charge is -2.33. The minimum Gasteiger partial charge on any atom is -0.373 e. The first-order valence-corrected chi connectivity index (χ1v) is 9.14. The molecule has 0 rings (SSSR count). The minimum atomic E-state index is -2.61. The quantitative estimate of drug-likeness (QED) is 0.590. The van der Waals surface area contributed by atoms with Crippen molar-refractivity contribution in [1.29, 1.82) is 0 Å². The molecule has 2 N–H and O–H groups in total. The maximum Gasteiger partial charge on any atom is 0.502 e. The second-order valence-electron chi connectivity index (χ2n) is 4.90. The second-order valence-corrected chi connectivity index (χ2v) is 7.49. The van der Waals surface area contributed by atoms with Gasteiger partial charge in [-0.1, -0.05) is 20.8 Å². The summed E-state index contributed by atoms with van der Waals surface area (Å²) in [6, 6.07) is 0.728. The highest BCUT2D eigenvalue weighted by Crippen LogP contribution is 2.21. The van der Waals surface area contributed by atoms with Crippen LogP contribution in [0.2, 0.25) is 6.04 Å². The Morgan fingerprint density at radius 2 is 1.50 bits per heavy atom. The van der Waals surface area contributed by atoms with Crippen LogP contribution in [0.3, 0.4) is 0 Å². The lowest BCUT2D eigenvalue weighted by molar-refractivity contribution is 0.0301. The number of hydrogen-bond donors (Lipinski definition) is 1. The van der Waals surface area contributed by atoms with Crippen LogP contribution in [0, 0.1) is 0 Å². The van der Waals surface area contributed by atoms with Crippen LogP contribution in [-0.2, 0) is 13.3 Å². The fourth-order valence-corrected chi connectivity index (χ4v) is 4.72. The second kappa shape index (κ2) is 9.92. The predicted octanol–water partition coefficient (Wildman–Crippen LogP) is 2.94. The third-order valence-corrected chi connectivity index (χ3v) is 5.77. The fourth-order valence-electron chi connectivity index (χ4n) is 1.57. The van der Waals surface area contributed by atoms with Gasteiger partial charge in [0.1, 0.15) is 0 Å². The van der Waals surface area contributed by atoms with Crippen LogP contribution in [0.15, 0.2) is 0 Å². The van der Waals surface area contributed by atoms with E-state index in [1.807, 2.05) is 6.92 Å². The largest absolute Gasteiger partial charge is 0.502 e. The third kappa shape index (κ3) is 7.48. The van der Waals surface area contributed by atoms with Gasteiger partial charge in [-0.05, 0) is 33.1 Å². The van der Waals surface area contributed by atoms with Crippen molar-refractivity contribution in [3.8, 4) is 0 Å². The molecule has 0 aromatic carbocycles. The van der Waals surface area contributed by atoms with Gasteiger partial charge in [0.15, 0.2) is 0 Å². The van der Waals surface area contributed by atoms with Gasteiger partial charge in [-0.15, -0.1) is 0 Å². The van der Waals surface area contributed by atoms with Crippen LogP contribution in [0.25, 0.3) is 0 Å². The first kappa shape index (κ1) is 18.1. The van der Waals surface area contributed by atoms with Gasteiger partial charge < -0.3 is 19.0 Å². The van der Waals surface area contributed by atoms with E-state index in [4.69, 9.17) is 19.0 Å². The van der Waals surface area contributed by atoms with Gasteiger partial charge in [0.25, 0.3) is 0 Å². The van der Waals surface area contributed by atoms with E-state index in [2.05, 4.69) is 27.7 Å². The summed E-state index contributed by atoms with van der Waals surface area (Å²) >= 11 is 0. The molecule has 0 spiro atoms. The average Bonchev–Trinajstić information content (AvgIpc) is 2.33. The van der Waals surface area contributed by atoms with Crippen LogP contribution in [-0.4, -0.2) is 34.2 Å². The van der Waals surface area contributed by atoms with Crippen LogP contribution in [0.1, 0.15) is 53.9 Å². The summed E-state index contributed by atoms with van der Waals surface area (Å²) in [6.45, 7) is 11.7. The highest BCUT2D eigenvalue weighted by Gasteiger charge is 2.43. The lowest BCUT2D eigenvalue weighted by Crippen LogP contribution is -2.51. The number of rotatable bonds is 11. The fraction of sp³-hybridized carbons (Fsp3) is 1.00. The molecule has 0 aliphatic heterocycles. The van der Waals surface area contributed by atoms with E-state index >= 15 is 0 Å². The van der Waals surface area contributed by atoms with Crippen molar-refractivity contribution in [1.82, 2.24) is 0 Å². The van der Waals surface area contributed by atoms with Crippen molar-refractivity contribution < 1.29 is 13.3 Å². The summed E-state index contributed by atoms with van der Waals surface area (Å²) in [5, 5.41) is 0. The van der Waals surface area contributed by atoms with E-state index < -0.39 is 8.80 Å². The van der Waals surface area contributed by atoms with Gasteiger partial charge in [0.05, 0.1) is 0 Å². The number of hydrogen-bond acceptors (Lipinski definition) is 4. The summed E-state index contributed by atoms with van der Waals surface area (Å²) in [6.07, 6.45) is 3.04. The molecule has 0 bridgehead atoms. The lowest BCUT2D eigenvalue weighted by atomic mass is 10.3. The summed E-state index contributed by atoms with van der Waals surface area (Å²) in [5.41, 5.74) is 5.93. The topological polar surface area (TPSA) is 53.7 Å². The molecule has 0 saturated carbocycles. The Labute approximate surface area is 114 Å². The molecular weight excluding hydrogens is 246 g/mol. The minimum absolute atomic E-state index is 0.0365. The maximum absolute atomic E-state index is 6.12. The Hall–Kier alpha value is 0.0569. The first-order chi connectivity index (χ1) is 8.49. The molecule has 4 nitrogen and oxygen atoms in total. The first-order valence-electron chi connectivity index (χ1n) is 7.20. The number of nitrogens with two attached hydrogens (primary N) is 1. The SMILES string of the molecule is CCCO[Si](CC(C)N)(OCCC)OC(C)CC. The zero-order chi connectivity index (χ0) is 14.0. The average molecular weight is 277 g/mol. The van der Waals surface area contributed by atoms with Gasteiger partial charge in [-0.3, -0.25) is 0 Å². The Bertz CT molecular complexity index is 195. The summed E-state index contributed by atoms with van der Waals surface area (Å²) in [5.74, 6) is 0. The summed E-state index contributed by atoms with van der Waals surface area (Å²) in [4.78, 5) is 0. The highest BCUT2D eigenvalue weighted by molar-refractivity contribution is 6.61. The molecule has 0 aromatic rings. The molecule has 0 aliphatic carbocycles. The normalized spacial score (nSPS) is 15.7. The monoisotopic (exact) mass is 277 g/mol. The van der Waals surface area contributed by atoms with Gasteiger partial charge in [-0.25, -0.2) is 0 Å². The molecule has 5 heteroatoms. The van der Waals surface area contributed by atoms with Crippen molar-refractivity contribution >= 4 is 8.80 Å². The van der Waals surface area contributed by atoms with Crippen molar-refractivity contribution in [2.24, 2.45) is 5.73 Å². The van der Waals surface area contributed by atoms with E-state index in [-0.39, 0.29) is 12.1 Å². The van der Waals surface area contributed by atoms with E-state index in [0.717, 1.165) is 19.3 Å². The maximum atomic E-state index is 6.12. The predicted molar refractivity (Wildman–Crippen MR) is 77.5 cm³/mol. The van der Waals surface area contributed by atoms with Crippen LogP contribution >= 0.6 is 0 Å². The van der Waals surface area contributed by atoms with E-state index in [0.29, 0.717) is 19.3 Å². The van der Waals surface area contributed by atoms with Crippen molar-refractivity contribution in [3.63, 3.8) is 0 Å². The summed E-state index contributed by atoms with van der Waals surface area (Å²) < 4.78 is 18.1. The Morgan fingerprint density at radius 1 is 1.00 bits per heavy atom. The van der Waals surface area contributed by atoms with Gasteiger partial charge in [-0.2, -0.15) is 0 Å².